The Bertz CT molecular complexity index is 1270. The molecule has 3 aromatic carbocycles. The van der Waals surface area contributed by atoms with Gasteiger partial charge in [0.2, 0.25) is 0 Å². The van der Waals surface area contributed by atoms with E-state index in [-0.39, 0.29) is 13.3 Å². The minimum Gasteiger partial charge on any atom is -0.432 e. The van der Waals surface area contributed by atoms with Crippen molar-refractivity contribution >= 4 is 44.2 Å². The zero-order chi connectivity index (χ0) is 21.5. The Labute approximate surface area is 195 Å². The van der Waals surface area contributed by atoms with Crippen LogP contribution in [0.15, 0.2) is 71.2 Å². The van der Waals surface area contributed by atoms with E-state index >= 15 is 0 Å². The Morgan fingerprint density at radius 1 is 1.13 bits per heavy atom. The molecule has 6 heteroatoms. The second-order valence-electron chi connectivity index (χ2n) is 7.79. The second kappa shape index (κ2) is 8.09. The lowest BCUT2D eigenvalue weighted by Gasteiger charge is -2.37. The first-order chi connectivity index (χ1) is 15.0. The van der Waals surface area contributed by atoms with Crippen LogP contribution in [0.25, 0.3) is 10.9 Å². The molecule has 3 nitrogen and oxygen atoms in total. The van der Waals surface area contributed by atoms with Crippen LogP contribution in [0.1, 0.15) is 29.9 Å². The van der Waals surface area contributed by atoms with Gasteiger partial charge >= 0.3 is 0 Å². The van der Waals surface area contributed by atoms with Crippen LogP contribution < -0.4 is 4.74 Å². The van der Waals surface area contributed by atoms with Crippen molar-refractivity contribution in [3.63, 3.8) is 0 Å². The maximum atomic E-state index is 13.3. The van der Waals surface area contributed by atoms with Gasteiger partial charge in [-0.05, 0) is 79.2 Å². The van der Waals surface area contributed by atoms with E-state index in [0.29, 0.717) is 10.9 Å². The van der Waals surface area contributed by atoms with Gasteiger partial charge in [0.05, 0.1) is 6.04 Å². The molecule has 0 radical (unpaired) electrons. The van der Waals surface area contributed by atoms with Crippen LogP contribution in [-0.4, -0.2) is 21.6 Å². The predicted molar refractivity (Wildman–Crippen MR) is 131 cm³/mol. The van der Waals surface area contributed by atoms with Gasteiger partial charge in [-0.25, -0.2) is 4.39 Å². The van der Waals surface area contributed by atoms with Crippen molar-refractivity contribution in [2.24, 2.45) is 0 Å². The van der Waals surface area contributed by atoms with Crippen LogP contribution in [0, 0.1) is 12.7 Å². The number of aryl methyl sites for hydroxylation is 1. The fourth-order valence-corrected chi connectivity index (χ4v) is 4.87. The second-order valence-corrected chi connectivity index (χ2v) is 9.05. The van der Waals surface area contributed by atoms with E-state index in [1.807, 2.05) is 6.07 Å². The molecular weight excluding hydrogens is 475 g/mol. The number of hydrogen-bond acceptors (Lipinski definition) is 2. The lowest BCUT2D eigenvalue weighted by Crippen LogP contribution is -2.42. The molecule has 0 bridgehead atoms. The topological polar surface area (TPSA) is 28.3 Å². The number of hydrogen-bond donors (Lipinski definition) is 1. The standard InChI is InChI=1S/C25H20BrFN2OS.H2/c1-15-2-4-16(5-3-15)24-23-20(21-14-17(26)6-11-22(21)28-23)12-13-29(24)25(31)30-19-9-7-18(27)8-10-19;/h2-11,14,24,28H,12-13H2,1H3;1H. The first-order valence-corrected chi connectivity index (χ1v) is 11.3. The molecule has 4 aromatic rings. The molecule has 0 saturated carbocycles. The monoisotopic (exact) mass is 496 g/mol. The lowest BCUT2D eigenvalue weighted by atomic mass is 9.92. The highest BCUT2D eigenvalue weighted by Crippen LogP contribution is 2.39. The summed E-state index contributed by atoms with van der Waals surface area (Å²) in [5, 5.41) is 1.61. The maximum absolute atomic E-state index is 13.3. The van der Waals surface area contributed by atoms with Gasteiger partial charge in [0.1, 0.15) is 11.6 Å². The summed E-state index contributed by atoms with van der Waals surface area (Å²) in [6.07, 6.45) is 0.848. The van der Waals surface area contributed by atoms with Crippen molar-refractivity contribution in [2.45, 2.75) is 19.4 Å². The molecule has 0 fully saturated rings. The van der Waals surface area contributed by atoms with Crippen molar-refractivity contribution in [3.8, 4) is 5.75 Å². The van der Waals surface area contributed by atoms with Crippen molar-refractivity contribution in [1.82, 2.24) is 9.88 Å². The van der Waals surface area contributed by atoms with E-state index in [4.69, 9.17) is 17.0 Å². The van der Waals surface area contributed by atoms with Gasteiger partial charge in [-0.2, -0.15) is 0 Å². The minimum atomic E-state index is -0.303. The summed E-state index contributed by atoms with van der Waals surface area (Å²) < 4.78 is 20.3. The van der Waals surface area contributed by atoms with Crippen LogP contribution in [0.3, 0.4) is 0 Å². The van der Waals surface area contributed by atoms with E-state index < -0.39 is 0 Å². The van der Waals surface area contributed by atoms with Crippen LogP contribution in [0.2, 0.25) is 0 Å². The van der Waals surface area contributed by atoms with E-state index in [1.165, 1.54) is 28.6 Å². The Kier molecular flexibility index (Phi) is 5.28. The van der Waals surface area contributed by atoms with Gasteiger partial charge in [0.15, 0.2) is 0 Å². The number of benzene rings is 3. The Balaban J connectivity index is 0.00000245. The highest BCUT2D eigenvalue weighted by Gasteiger charge is 2.34. The van der Waals surface area contributed by atoms with Crippen molar-refractivity contribution in [1.29, 1.82) is 0 Å². The number of H-pyrrole nitrogens is 1. The van der Waals surface area contributed by atoms with Gasteiger partial charge in [0.25, 0.3) is 5.17 Å². The number of nitrogens with one attached hydrogen (secondary N) is 1. The number of rotatable bonds is 2. The van der Waals surface area contributed by atoms with Crippen LogP contribution in [0.5, 0.6) is 5.75 Å². The molecule has 0 saturated heterocycles. The van der Waals surface area contributed by atoms with Gasteiger partial charge in [-0.3, -0.25) is 0 Å². The molecule has 1 N–H and O–H groups in total. The Morgan fingerprint density at radius 3 is 2.61 bits per heavy atom. The van der Waals surface area contributed by atoms with E-state index in [0.717, 1.165) is 34.2 Å². The fourth-order valence-electron chi connectivity index (χ4n) is 4.21. The molecule has 1 aliphatic heterocycles. The van der Waals surface area contributed by atoms with Gasteiger partial charge < -0.3 is 14.6 Å². The molecule has 1 aliphatic rings. The van der Waals surface area contributed by atoms with Crippen molar-refractivity contribution in [3.05, 3.63) is 99.4 Å². The molecule has 1 unspecified atom stereocenters. The molecule has 1 aromatic heterocycles. The molecule has 2 heterocycles. The van der Waals surface area contributed by atoms with Gasteiger partial charge in [-0.15, -0.1) is 0 Å². The third kappa shape index (κ3) is 3.86. The number of thiocarbonyl (C=S) groups is 1. The Hall–Kier alpha value is -2.70. The minimum absolute atomic E-state index is 0. The summed E-state index contributed by atoms with van der Waals surface area (Å²) in [5.41, 5.74) is 5.90. The molecule has 1 atom stereocenters. The third-order valence-corrected chi connectivity index (χ3v) is 6.55. The van der Waals surface area contributed by atoms with Crippen molar-refractivity contribution < 1.29 is 10.6 Å². The average Bonchev–Trinajstić information content (AvgIpc) is 3.13. The molecule has 0 spiro atoms. The number of aromatic nitrogens is 1. The lowest BCUT2D eigenvalue weighted by molar-refractivity contribution is 0.289. The van der Waals surface area contributed by atoms with Crippen LogP contribution >= 0.6 is 28.1 Å². The van der Waals surface area contributed by atoms with Crippen molar-refractivity contribution in [2.75, 3.05) is 6.54 Å². The summed E-state index contributed by atoms with van der Waals surface area (Å²) in [5.74, 6) is 0.225. The van der Waals surface area contributed by atoms with Crippen LogP contribution in [0.4, 0.5) is 4.39 Å². The smallest absolute Gasteiger partial charge is 0.265 e. The number of halogens is 2. The number of nitrogens with zero attached hydrogens (tertiary/aromatic N) is 1. The number of fused-ring (bicyclic) bond motifs is 3. The molecule has 0 aliphatic carbocycles. The normalized spacial score (nSPS) is 15.7. The first-order valence-electron chi connectivity index (χ1n) is 10.1. The SMILES string of the molecule is Cc1ccc(C2c3[nH]c4ccc(Br)cc4c3CCN2C(=S)Oc2ccc(F)cc2)cc1.[HH]. The van der Waals surface area contributed by atoms with Gasteiger partial charge in [-0.1, -0.05) is 45.8 Å². The maximum Gasteiger partial charge on any atom is 0.265 e. The highest BCUT2D eigenvalue weighted by atomic mass is 79.9. The summed E-state index contributed by atoms with van der Waals surface area (Å²) in [4.78, 5) is 5.74. The third-order valence-electron chi connectivity index (χ3n) is 5.74. The Morgan fingerprint density at radius 2 is 1.87 bits per heavy atom. The quantitative estimate of drug-likeness (QED) is 0.304. The number of aromatic amines is 1. The largest absolute Gasteiger partial charge is 0.432 e. The molecule has 5 rings (SSSR count). The first kappa shape index (κ1) is 20.2. The fraction of sp³-hybridized carbons (Fsp3) is 0.160. The molecule has 158 valence electrons. The molecule has 0 amide bonds. The van der Waals surface area contributed by atoms with E-state index in [2.05, 4.69) is 69.1 Å². The van der Waals surface area contributed by atoms with Gasteiger partial charge in [0, 0.05) is 29.0 Å². The molecule has 31 heavy (non-hydrogen) atoms. The molecular formula is C25H22BrFN2OS. The van der Waals surface area contributed by atoms with E-state index in [9.17, 15) is 4.39 Å². The zero-order valence-electron chi connectivity index (χ0n) is 16.9. The zero-order valence-corrected chi connectivity index (χ0v) is 19.3. The number of ether oxygens (including phenoxy) is 1. The van der Waals surface area contributed by atoms with E-state index in [1.54, 1.807) is 12.1 Å². The summed E-state index contributed by atoms with van der Waals surface area (Å²) >= 11 is 9.31. The highest BCUT2D eigenvalue weighted by molar-refractivity contribution is 9.10. The average molecular weight is 497 g/mol. The summed E-state index contributed by atoms with van der Waals surface area (Å²) in [7, 11) is 0. The predicted octanol–water partition coefficient (Wildman–Crippen LogP) is 6.94. The summed E-state index contributed by atoms with van der Waals surface area (Å²) in [6, 6.07) is 20.7. The summed E-state index contributed by atoms with van der Waals surface area (Å²) in [6.45, 7) is 2.81. The van der Waals surface area contributed by atoms with Crippen LogP contribution in [-0.2, 0) is 6.42 Å².